The summed E-state index contributed by atoms with van der Waals surface area (Å²) in [6.07, 6.45) is 0.865. The predicted molar refractivity (Wildman–Crippen MR) is 81.1 cm³/mol. The van der Waals surface area contributed by atoms with E-state index in [1.807, 2.05) is 19.1 Å². The van der Waals surface area contributed by atoms with E-state index in [9.17, 15) is 0 Å². The molecule has 0 saturated heterocycles. The Morgan fingerprint density at radius 3 is 2.47 bits per heavy atom. The molecule has 0 saturated carbocycles. The molecular formula is C16H19ClN2. The van der Waals surface area contributed by atoms with Crippen molar-refractivity contribution >= 4 is 11.6 Å². The molecule has 0 radical (unpaired) electrons. The Hall–Kier alpha value is -1.35. The largest absolute Gasteiger partial charge is 0.271 e. The van der Waals surface area contributed by atoms with Gasteiger partial charge in [-0.3, -0.25) is 11.3 Å². The molecule has 2 rings (SSSR count). The third-order valence-corrected chi connectivity index (χ3v) is 3.89. The van der Waals surface area contributed by atoms with E-state index in [2.05, 4.69) is 42.7 Å². The smallest absolute Gasteiger partial charge is 0.0500 e. The molecule has 0 amide bonds. The van der Waals surface area contributed by atoms with Crippen molar-refractivity contribution in [2.24, 2.45) is 5.84 Å². The molecule has 0 spiro atoms. The van der Waals surface area contributed by atoms with Crippen LogP contribution < -0.4 is 11.3 Å². The minimum absolute atomic E-state index is 0.0945. The average molecular weight is 275 g/mol. The second kappa shape index (κ2) is 6.20. The summed E-state index contributed by atoms with van der Waals surface area (Å²) in [4.78, 5) is 0. The molecule has 0 aliphatic rings. The maximum atomic E-state index is 6.06. The zero-order valence-electron chi connectivity index (χ0n) is 11.3. The van der Waals surface area contributed by atoms with Gasteiger partial charge < -0.3 is 0 Å². The van der Waals surface area contributed by atoms with Crippen LogP contribution in [-0.2, 0) is 6.42 Å². The summed E-state index contributed by atoms with van der Waals surface area (Å²) >= 11 is 6.06. The Bertz CT molecular complexity index is 566. The molecule has 2 aromatic rings. The van der Waals surface area contributed by atoms with Gasteiger partial charge in [0.2, 0.25) is 0 Å². The predicted octanol–water partition coefficient (Wildman–Crippen LogP) is 3.70. The molecule has 0 aliphatic heterocycles. The maximum Gasteiger partial charge on any atom is 0.0500 e. The van der Waals surface area contributed by atoms with Crippen molar-refractivity contribution in [2.75, 3.05) is 0 Å². The quantitative estimate of drug-likeness (QED) is 0.659. The number of aryl methyl sites for hydroxylation is 2. The van der Waals surface area contributed by atoms with Crippen molar-refractivity contribution in [2.45, 2.75) is 26.3 Å². The van der Waals surface area contributed by atoms with E-state index in [0.29, 0.717) is 0 Å². The van der Waals surface area contributed by atoms with Crippen LogP contribution in [0.5, 0.6) is 0 Å². The molecule has 0 heterocycles. The van der Waals surface area contributed by atoms with E-state index in [1.165, 1.54) is 11.1 Å². The normalized spacial score (nSPS) is 12.4. The first-order valence-electron chi connectivity index (χ1n) is 6.38. The monoisotopic (exact) mass is 274 g/mol. The average Bonchev–Trinajstić information content (AvgIpc) is 2.41. The molecule has 1 unspecified atom stereocenters. The Balaban J connectivity index is 2.25. The molecule has 2 nitrogen and oxygen atoms in total. The number of benzene rings is 2. The van der Waals surface area contributed by atoms with Crippen molar-refractivity contribution in [3.63, 3.8) is 0 Å². The van der Waals surface area contributed by atoms with Gasteiger partial charge in [0.1, 0.15) is 0 Å². The van der Waals surface area contributed by atoms with E-state index in [1.54, 1.807) is 0 Å². The van der Waals surface area contributed by atoms with Crippen molar-refractivity contribution < 1.29 is 0 Å². The first-order valence-corrected chi connectivity index (χ1v) is 6.76. The van der Waals surface area contributed by atoms with Crippen LogP contribution in [-0.4, -0.2) is 0 Å². The van der Waals surface area contributed by atoms with Crippen LogP contribution >= 0.6 is 11.6 Å². The fourth-order valence-electron chi connectivity index (χ4n) is 2.22. The zero-order chi connectivity index (χ0) is 13.8. The molecule has 0 aliphatic carbocycles. The standard InChI is InChI=1S/C16H19ClN2/c1-11-5-3-4-6-13(11)10-16(19-18)14-7-8-15(17)12(2)9-14/h3-9,16,19H,10,18H2,1-2H3. The first-order chi connectivity index (χ1) is 9.11. The number of nitrogens with two attached hydrogens (primary N) is 1. The highest BCUT2D eigenvalue weighted by molar-refractivity contribution is 6.31. The minimum Gasteiger partial charge on any atom is -0.271 e. The van der Waals surface area contributed by atoms with Crippen LogP contribution in [0.25, 0.3) is 0 Å². The molecule has 1 atom stereocenters. The Morgan fingerprint density at radius 1 is 1.11 bits per heavy atom. The summed E-state index contributed by atoms with van der Waals surface area (Å²) in [5.74, 6) is 5.71. The van der Waals surface area contributed by atoms with Crippen molar-refractivity contribution in [1.29, 1.82) is 0 Å². The fraction of sp³-hybridized carbons (Fsp3) is 0.250. The van der Waals surface area contributed by atoms with Crippen molar-refractivity contribution in [3.8, 4) is 0 Å². The van der Waals surface area contributed by atoms with Gasteiger partial charge >= 0.3 is 0 Å². The van der Waals surface area contributed by atoms with Crippen LogP contribution in [0.1, 0.15) is 28.3 Å². The van der Waals surface area contributed by atoms with E-state index >= 15 is 0 Å². The maximum absolute atomic E-state index is 6.06. The summed E-state index contributed by atoms with van der Waals surface area (Å²) in [5.41, 5.74) is 7.72. The van der Waals surface area contributed by atoms with Crippen LogP contribution in [0.2, 0.25) is 5.02 Å². The highest BCUT2D eigenvalue weighted by atomic mass is 35.5. The van der Waals surface area contributed by atoms with E-state index < -0.39 is 0 Å². The lowest BCUT2D eigenvalue weighted by Crippen LogP contribution is -2.29. The highest BCUT2D eigenvalue weighted by Gasteiger charge is 2.12. The number of hydrazine groups is 1. The van der Waals surface area contributed by atoms with Gasteiger partial charge in [0.15, 0.2) is 0 Å². The molecule has 2 aromatic carbocycles. The summed E-state index contributed by atoms with van der Waals surface area (Å²) in [6.45, 7) is 4.13. The Labute approximate surface area is 119 Å². The van der Waals surface area contributed by atoms with Crippen molar-refractivity contribution in [3.05, 3.63) is 69.7 Å². The van der Waals surface area contributed by atoms with Crippen LogP contribution in [0.3, 0.4) is 0 Å². The lowest BCUT2D eigenvalue weighted by Gasteiger charge is -2.18. The van der Waals surface area contributed by atoms with Gasteiger partial charge in [-0.25, -0.2) is 0 Å². The summed E-state index contributed by atoms with van der Waals surface area (Å²) in [5, 5.41) is 0.787. The molecule has 0 fully saturated rings. The van der Waals surface area contributed by atoms with E-state index in [-0.39, 0.29) is 6.04 Å². The molecule has 19 heavy (non-hydrogen) atoms. The number of halogens is 1. The molecule has 100 valence electrons. The van der Waals surface area contributed by atoms with Gasteiger partial charge in [0.05, 0.1) is 0 Å². The van der Waals surface area contributed by atoms with E-state index in [0.717, 1.165) is 22.6 Å². The van der Waals surface area contributed by atoms with Crippen molar-refractivity contribution in [1.82, 2.24) is 5.43 Å². The number of hydrogen-bond acceptors (Lipinski definition) is 2. The summed E-state index contributed by atoms with van der Waals surface area (Å²) in [7, 11) is 0. The second-order valence-electron chi connectivity index (χ2n) is 4.86. The lowest BCUT2D eigenvalue weighted by atomic mass is 9.96. The lowest BCUT2D eigenvalue weighted by molar-refractivity contribution is 0.550. The SMILES string of the molecule is Cc1cc(C(Cc2ccccc2C)NN)ccc1Cl. The molecule has 0 bridgehead atoms. The van der Waals surface area contributed by atoms with Crippen LogP contribution in [0.4, 0.5) is 0 Å². The van der Waals surface area contributed by atoms with E-state index in [4.69, 9.17) is 17.4 Å². The van der Waals surface area contributed by atoms with Gasteiger partial charge in [-0.15, -0.1) is 0 Å². The fourth-order valence-corrected chi connectivity index (χ4v) is 2.33. The topological polar surface area (TPSA) is 38.0 Å². The third-order valence-electron chi connectivity index (χ3n) is 3.47. The van der Waals surface area contributed by atoms with Gasteiger partial charge in [-0.2, -0.15) is 0 Å². The molecule has 3 heteroatoms. The number of rotatable bonds is 4. The zero-order valence-corrected chi connectivity index (χ0v) is 12.0. The number of hydrogen-bond donors (Lipinski definition) is 2. The third kappa shape index (κ3) is 3.35. The minimum atomic E-state index is 0.0945. The summed E-state index contributed by atoms with van der Waals surface area (Å²) < 4.78 is 0. The van der Waals surface area contributed by atoms with Gasteiger partial charge in [0, 0.05) is 11.1 Å². The Kier molecular flexibility index (Phi) is 4.59. The van der Waals surface area contributed by atoms with Gasteiger partial charge in [-0.05, 0) is 48.6 Å². The van der Waals surface area contributed by atoms with Gasteiger partial charge in [0.25, 0.3) is 0 Å². The van der Waals surface area contributed by atoms with Crippen LogP contribution in [0, 0.1) is 13.8 Å². The second-order valence-corrected chi connectivity index (χ2v) is 5.27. The summed E-state index contributed by atoms with van der Waals surface area (Å²) in [6, 6.07) is 14.5. The molecular weight excluding hydrogens is 256 g/mol. The number of nitrogens with one attached hydrogen (secondary N) is 1. The van der Waals surface area contributed by atoms with Crippen LogP contribution in [0.15, 0.2) is 42.5 Å². The van der Waals surface area contributed by atoms with Gasteiger partial charge in [-0.1, -0.05) is 48.0 Å². The molecule has 0 aromatic heterocycles. The highest BCUT2D eigenvalue weighted by Crippen LogP contribution is 2.24. The Morgan fingerprint density at radius 2 is 1.84 bits per heavy atom. The molecule has 3 N–H and O–H groups in total. The first kappa shape index (κ1) is 14.1.